The molecule has 2 aromatic rings. The largest absolute Gasteiger partial charge is 0.501 e. The minimum atomic E-state index is -0.526. The van der Waals surface area contributed by atoms with Gasteiger partial charge in [-0.1, -0.05) is 13.8 Å². The Kier molecular flexibility index (Phi) is 12.5. The molecule has 2 fully saturated rings. The van der Waals surface area contributed by atoms with E-state index in [1.165, 1.54) is 20.0 Å². The first-order valence-electron chi connectivity index (χ1n) is 12.5. The van der Waals surface area contributed by atoms with Crippen LogP contribution in [0.1, 0.15) is 75.4 Å². The monoisotopic (exact) mass is 475 g/mol. The van der Waals surface area contributed by atoms with Gasteiger partial charge >= 0.3 is 5.97 Å². The molecule has 2 aliphatic rings. The lowest BCUT2D eigenvalue weighted by molar-refractivity contribution is 0.0567. The predicted octanol–water partition coefficient (Wildman–Crippen LogP) is 5.39. The molecule has 34 heavy (non-hydrogen) atoms. The number of carbonyl (C=O) groups excluding carboxylic acids is 1. The van der Waals surface area contributed by atoms with E-state index >= 15 is 0 Å². The van der Waals surface area contributed by atoms with Crippen molar-refractivity contribution in [3.63, 3.8) is 0 Å². The van der Waals surface area contributed by atoms with Crippen molar-refractivity contribution >= 4 is 28.8 Å². The molecule has 4 rings (SSSR count). The number of methoxy groups -OCH3 is 1. The van der Waals surface area contributed by atoms with Gasteiger partial charge in [0.25, 0.3) is 0 Å². The molecule has 190 valence electrons. The number of rotatable bonds is 7. The van der Waals surface area contributed by atoms with E-state index in [0.717, 1.165) is 50.1 Å². The Morgan fingerprint density at radius 2 is 1.85 bits per heavy atom. The maximum absolute atomic E-state index is 12.1. The molecule has 1 saturated carbocycles. The molecular weight excluding hydrogens is 434 g/mol. The fourth-order valence-corrected chi connectivity index (χ4v) is 3.97. The van der Waals surface area contributed by atoms with Crippen LogP contribution < -0.4 is 10.6 Å². The molecule has 3 heterocycles. The van der Waals surface area contributed by atoms with Crippen molar-refractivity contribution in [2.45, 2.75) is 71.4 Å². The highest BCUT2D eigenvalue weighted by Gasteiger charge is 2.22. The quantitative estimate of drug-likeness (QED) is 0.407. The Morgan fingerprint density at radius 1 is 1.18 bits per heavy atom. The van der Waals surface area contributed by atoms with Crippen LogP contribution in [0.2, 0.25) is 0 Å². The Hall–Kier alpha value is -2.58. The third-order valence-electron chi connectivity index (χ3n) is 5.80. The number of ether oxygens (including phenoxy) is 3. The minimum Gasteiger partial charge on any atom is -0.501 e. The van der Waals surface area contributed by atoms with Crippen LogP contribution in [0.15, 0.2) is 22.9 Å². The highest BCUT2D eigenvalue weighted by Crippen LogP contribution is 2.30. The summed E-state index contributed by atoms with van der Waals surface area (Å²) in [7, 11) is 3.35. The van der Waals surface area contributed by atoms with Crippen LogP contribution in [0, 0.1) is 0 Å². The number of carbonyl (C=O) groups is 1. The van der Waals surface area contributed by atoms with Gasteiger partial charge in [0, 0.05) is 36.2 Å². The van der Waals surface area contributed by atoms with E-state index in [2.05, 4.69) is 15.6 Å². The van der Waals surface area contributed by atoms with E-state index in [1.807, 2.05) is 33.9 Å². The topological polar surface area (TPSA) is 94.9 Å². The van der Waals surface area contributed by atoms with Crippen molar-refractivity contribution in [2.24, 2.45) is 0 Å². The molecule has 8 heteroatoms. The molecule has 0 amide bonds. The van der Waals surface area contributed by atoms with E-state index < -0.39 is 5.97 Å². The molecule has 2 aromatic heterocycles. The van der Waals surface area contributed by atoms with Crippen molar-refractivity contribution in [3.05, 3.63) is 29.8 Å². The van der Waals surface area contributed by atoms with E-state index in [0.29, 0.717) is 29.8 Å². The minimum absolute atomic E-state index is 0.150. The lowest BCUT2D eigenvalue weighted by Crippen LogP contribution is -2.35. The van der Waals surface area contributed by atoms with Gasteiger partial charge < -0.3 is 29.3 Å². The predicted molar refractivity (Wildman–Crippen MR) is 136 cm³/mol. The Labute approximate surface area is 203 Å². The lowest BCUT2D eigenvalue weighted by atomic mass is 9.91. The average molecular weight is 476 g/mol. The summed E-state index contributed by atoms with van der Waals surface area (Å²) >= 11 is 0. The number of hydrogen-bond acceptors (Lipinski definition) is 8. The van der Waals surface area contributed by atoms with Gasteiger partial charge in [-0.3, -0.25) is 0 Å². The Bertz CT molecular complexity index is 876. The molecular formula is C26H41N3O5. The molecule has 0 bridgehead atoms. The summed E-state index contributed by atoms with van der Waals surface area (Å²) in [6.07, 6.45) is 12.0. The molecule has 1 saturated heterocycles. The maximum atomic E-state index is 12.1. The molecule has 1 aliphatic heterocycles. The summed E-state index contributed by atoms with van der Waals surface area (Å²) in [6.45, 7) is 8.44. The van der Waals surface area contributed by atoms with Crippen LogP contribution in [0.4, 0.5) is 5.82 Å². The summed E-state index contributed by atoms with van der Waals surface area (Å²) in [5.74, 6) is 0.401. The van der Waals surface area contributed by atoms with Crippen LogP contribution >= 0.6 is 0 Å². The third-order valence-corrected chi connectivity index (χ3v) is 5.80. The lowest BCUT2D eigenvalue weighted by Gasteiger charge is -2.29. The summed E-state index contributed by atoms with van der Waals surface area (Å²) in [5.41, 5.74) is 1.17. The number of fused-ring (bicyclic) bond motifs is 1. The second-order valence-corrected chi connectivity index (χ2v) is 7.96. The third kappa shape index (κ3) is 8.02. The summed E-state index contributed by atoms with van der Waals surface area (Å²) in [4.78, 5) is 16.5. The highest BCUT2D eigenvalue weighted by atomic mass is 16.5. The van der Waals surface area contributed by atoms with Gasteiger partial charge in [0.1, 0.15) is 5.82 Å². The van der Waals surface area contributed by atoms with Crippen molar-refractivity contribution in [1.29, 1.82) is 0 Å². The van der Waals surface area contributed by atoms with Crippen molar-refractivity contribution < 1.29 is 23.4 Å². The van der Waals surface area contributed by atoms with Crippen LogP contribution in [-0.2, 0) is 14.2 Å². The molecule has 1 aliphatic carbocycles. The van der Waals surface area contributed by atoms with Gasteiger partial charge in [-0.05, 0) is 64.6 Å². The zero-order chi connectivity index (χ0) is 24.8. The van der Waals surface area contributed by atoms with Gasteiger partial charge in [-0.2, -0.15) is 0 Å². The van der Waals surface area contributed by atoms with Crippen LogP contribution in [-0.4, -0.2) is 57.0 Å². The SMILES string of the molecule is C1CCOC1.CC.CCO/C=C/c1c(C(=O)OC)oc2cnc(NC3CCC(NC)CC3)cc12. The van der Waals surface area contributed by atoms with E-state index in [-0.39, 0.29) is 5.76 Å². The van der Waals surface area contributed by atoms with Crippen molar-refractivity contribution in [1.82, 2.24) is 10.3 Å². The number of esters is 1. The number of nitrogens with zero attached hydrogens (tertiary/aromatic N) is 1. The molecule has 8 nitrogen and oxygen atoms in total. The zero-order valence-electron chi connectivity index (χ0n) is 21.3. The fourth-order valence-electron chi connectivity index (χ4n) is 3.97. The van der Waals surface area contributed by atoms with E-state index in [4.69, 9.17) is 18.6 Å². The second-order valence-electron chi connectivity index (χ2n) is 7.96. The Balaban J connectivity index is 0.000000507. The first-order chi connectivity index (χ1) is 16.7. The van der Waals surface area contributed by atoms with Gasteiger partial charge in [0.15, 0.2) is 5.58 Å². The van der Waals surface area contributed by atoms with Crippen molar-refractivity contribution in [2.75, 3.05) is 39.3 Å². The summed E-state index contributed by atoms with van der Waals surface area (Å²) in [5, 5.41) is 7.66. The smallest absolute Gasteiger partial charge is 0.374 e. The van der Waals surface area contributed by atoms with Gasteiger partial charge in [0.2, 0.25) is 5.76 Å². The van der Waals surface area contributed by atoms with Crippen molar-refractivity contribution in [3.8, 4) is 0 Å². The molecule has 2 N–H and O–H groups in total. The molecule has 0 spiro atoms. The number of anilines is 1. The standard InChI is InChI=1S/C20H27N3O4.C4H8O.C2H6/c1-4-26-10-9-15-16-11-18(23-14-7-5-13(21-2)6-8-14)22-12-17(16)27-19(15)20(24)25-3;1-2-4-5-3-1;1-2/h9-14,21H,4-8H2,1-3H3,(H,22,23);1-4H2;1-2H3/b10-9+;;. The first-order valence-corrected chi connectivity index (χ1v) is 12.5. The molecule has 0 unspecified atom stereocenters. The molecule has 0 atom stereocenters. The molecule has 0 aromatic carbocycles. The van der Waals surface area contributed by atoms with Gasteiger partial charge in [-0.25, -0.2) is 9.78 Å². The number of nitrogens with one attached hydrogen (secondary N) is 2. The second kappa shape index (κ2) is 15.3. The van der Waals surface area contributed by atoms with Crippen LogP contribution in [0.25, 0.3) is 17.0 Å². The summed E-state index contributed by atoms with van der Waals surface area (Å²) in [6, 6.07) is 2.92. The van der Waals surface area contributed by atoms with E-state index in [9.17, 15) is 4.79 Å². The normalized spacial score (nSPS) is 19.7. The number of furan rings is 1. The van der Waals surface area contributed by atoms with Crippen LogP contribution in [0.5, 0.6) is 0 Å². The van der Waals surface area contributed by atoms with Gasteiger partial charge in [0.05, 0.1) is 26.2 Å². The van der Waals surface area contributed by atoms with Gasteiger partial charge in [-0.15, -0.1) is 0 Å². The summed E-state index contributed by atoms with van der Waals surface area (Å²) < 4.78 is 20.7. The molecule has 0 radical (unpaired) electrons. The number of hydrogen-bond donors (Lipinski definition) is 2. The first kappa shape index (κ1) is 27.7. The van der Waals surface area contributed by atoms with E-state index in [1.54, 1.807) is 18.5 Å². The Morgan fingerprint density at radius 3 is 2.41 bits per heavy atom. The zero-order valence-corrected chi connectivity index (χ0v) is 21.3. The average Bonchev–Trinajstić information content (AvgIpc) is 3.58. The fraction of sp³-hybridized carbons (Fsp3) is 0.615. The van der Waals surface area contributed by atoms with Crippen LogP contribution in [0.3, 0.4) is 0 Å². The number of pyridine rings is 1. The highest BCUT2D eigenvalue weighted by molar-refractivity contribution is 6.00. The number of aromatic nitrogens is 1. The maximum Gasteiger partial charge on any atom is 0.374 e.